The number of nitrogens with one attached hydrogen (secondary N) is 1. The molecule has 0 aliphatic heterocycles. The van der Waals surface area contributed by atoms with Crippen LogP contribution in [0, 0.1) is 0 Å². The fourth-order valence-electron chi connectivity index (χ4n) is 3.62. The van der Waals surface area contributed by atoms with Gasteiger partial charge in [-0.25, -0.2) is 4.79 Å². The van der Waals surface area contributed by atoms with Gasteiger partial charge in [-0.2, -0.15) is 40.2 Å². The molecule has 0 radical (unpaired) electrons. The Hall–Kier alpha value is -3.69. The molecule has 17 heteroatoms. The standard InChI is InChI=1S/C21H13ClF8N4O4/c1-34-14(13(20(25,26)27)15(32-34)19(23,24)21(28,29)30)11-7-12(38-33-11)8-2-3-10(22)9(6-8)16(35)31-18(4-5-18)17(36)37/h2-3,6-7H,4-5H2,1H3,(H,31,35)(H,36,37). The molecule has 2 heterocycles. The number of hydrogen-bond acceptors (Lipinski definition) is 5. The quantitative estimate of drug-likeness (QED) is 0.382. The molecule has 1 aliphatic carbocycles. The van der Waals surface area contributed by atoms with E-state index >= 15 is 0 Å². The number of rotatable bonds is 6. The predicted octanol–water partition coefficient (Wildman–Crippen LogP) is 5.42. The van der Waals surface area contributed by atoms with Gasteiger partial charge in [-0.05, 0) is 31.0 Å². The molecule has 3 aromatic rings. The van der Waals surface area contributed by atoms with Crippen molar-refractivity contribution in [2.75, 3.05) is 0 Å². The Morgan fingerprint density at radius 3 is 2.26 bits per heavy atom. The second kappa shape index (κ2) is 8.68. The molecule has 4 rings (SSSR count). The van der Waals surface area contributed by atoms with Crippen molar-refractivity contribution in [2.45, 2.75) is 36.7 Å². The number of alkyl halides is 8. The Kier molecular flexibility index (Phi) is 6.24. The van der Waals surface area contributed by atoms with Crippen molar-refractivity contribution in [3.8, 4) is 22.7 Å². The molecule has 0 saturated heterocycles. The van der Waals surface area contributed by atoms with Gasteiger partial charge >= 0.3 is 24.2 Å². The first-order valence-electron chi connectivity index (χ1n) is 10.3. The van der Waals surface area contributed by atoms with Crippen molar-refractivity contribution in [1.82, 2.24) is 20.3 Å². The molecule has 1 aromatic carbocycles. The molecule has 0 bridgehead atoms. The summed E-state index contributed by atoms with van der Waals surface area (Å²) in [5.74, 6) is -8.39. The molecule has 2 aromatic heterocycles. The smallest absolute Gasteiger partial charge is 0.459 e. The maximum absolute atomic E-state index is 13.9. The van der Waals surface area contributed by atoms with Gasteiger partial charge in [0.15, 0.2) is 11.5 Å². The summed E-state index contributed by atoms with van der Waals surface area (Å²) in [6, 6.07) is 4.37. The highest BCUT2D eigenvalue weighted by Gasteiger charge is 2.64. The van der Waals surface area contributed by atoms with Gasteiger partial charge in [-0.3, -0.25) is 9.48 Å². The van der Waals surface area contributed by atoms with Gasteiger partial charge in [-0.1, -0.05) is 16.8 Å². The lowest BCUT2D eigenvalue weighted by Gasteiger charge is -2.19. The first kappa shape index (κ1) is 27.3. The Labute approximate surface area is 211 Å². The summed E-state index contributed by atoms with van der Waals surface area (Å²) in [6.45, 7) is 0. The minimum Gasteiger partial charge on any atom is -0.480 e. The number of halogens is 9. The molecule has 0 atom stereocenters. The molecule has 0 spiro atoms. The van der Waals surface area contributed by atoms with Crippen LogP contribution in [0.3, 0.4) is 0 Å². The van der Waals surface area contributed by atoms with Crippen LogP contribution in [0.5, 0.6) is 0 Å². The summed E-state index contributed by atoms with van der Waals surface area (Å²) >= 11 is 6.03. The van der Waals surface area contributed by atoms with Crippen LogP contribution in [-0.2, 0) is 23.9 Å². The fourth-order valence-corrected chi connectivity index (χ4v) is 3.82. The lowest BCUT2D eigenvalue weighted by atomic mass is 10.0. The van der Waals surface area contributed by atoms with Gasteiger partial charge in [0.25, 0.3) is 5.91 Å². The summed E-state index contributed by atoms with van der Waals surface area (Å²) in [5.41, 5.74) is -8.61. The van der Waals surface area contributed by atoms with Crippen LogP contribution in [-0.4, -0.2) is 43.6 Å². The normalized spacial score (nSPS) is 15.4. The van der Waals surface area contributed by atoms with E-state index in [0.29, 0.717) is 0 Å². The third-order valence-electron chi connectivity index (χ3n) is 5.74. The number of carbonyl (C=O) groups is 2. The second-order valence-electron chi connectivity index (χ2n) is 8.38. The molecular formula is C21H13ClF8N4O4. The van der Waals surface area contributed by atoms with Gasteiger partial charge in [0.1, 0.15) is 22.5 Å². The van der Waals surface area contributed by atoms with Crippen LogP contribution in [0.2, 0.25) is 5.02 Å². The Bertz CT molecular complexity index is 1440. The van der Waals surface area contributed by atoms with Crippen LogP contribution in [0.4, 0.5) is 35.1 Å². The van der Waals surface area contributed by atoms with Crippen molar-refractivity contribution in [2.24, 2.45) is 7.05 Å². The van der Waals surface area contributed by atoms with Crippen LogP contribution in [0.1, 0.15) is 34.5 Å². The largest absolute Gasteiger partial charge is 0.480 e. The topological polar surface area (TPSA) is 110 Å². The third-order valence-corrected chi connectivity index (χ3v) is 6.07. The number of amides is 1. The van der Waals surface area contributed by atoms with E-state index in [4.69, 9.17) is 16.1 Å². The summed E-state index contributed by atoms with van der Waals surface area (Å²) in [6.07, 6.45) is -11.7. The first-order valence-corrected chi connectivity index (χ1v) is 10.7. The average molecular weight is 573 g/mol. The van der Waals surface area contributed by atoms with E-state index in [9.17, 15) is 49.8 Å². The number of hydrogen-bond donors (Lipinski definition) is 2. The van der Waals surface area contributed by atoms with E-state index in [0.717, 1.165) is 19.2 Å². The van der Waals surface area contributed by atoms with E-state index in [-0.39, 0.29) is 39.4 Å². The molecule has 0 unspecified atom stereocenters. The predicted molar refractivity (Wildman–Crippen MR) is 111 cm³/mol. The summed E-state index contributed by atoms with van der Waals surface area (Å²) < 4.78 is 113. The zero-order valence-electron chi connectivity index (χ0n) is 18.6. The number of carbonyl (C=O) groups excluding carboxylic acids is 1. The van der Waals surface area contributed by atoms with Gasteiger partial charge in [0.05, 0.1) is 10.6 Å². The zero-order valence-corrected chi connectivity index (χ0v) is 19.4. The highest BCUT2D eigenvalue weighted by molar-refractivity contribution is 6.34. The third kappa shape index (κ3) is 4.56. The molecule has 1 aliphatic rings. The van der Waals surface area contributed by atoms with Crippen LogP contribution in [0.15, 0.2) is 28.8 Å². The van der Waals surface area contributed by atoms with E-state index in [1.165, 1.54) is 12.1 Å². The van der Waals surface area contributed by atoms with Crippen LogP contribution in [0.25, 0.3) is 22.7 Å². The number of carboxylic acids is 1. The number of aliphatic carboxylic acids is 1. The minimum absolute atomic E-state index is 0.00459. The second-order valence-corrected chi connectivity index (χ2v) is 8.79. The highest BCUT2D eigenvalue weighted by Crippen LogP contribution is 2.50. The summed E-state index contributed by atoms with van der Waals surface area (Å²) in [5, 5.41) is 17.6. The lowest BCUT2D eigenvalue weighted by Crippen LogP contribution is -2.43. The number of nitrogens with zero attached hydrogens (tertiary/aromatic N) is 3. The molecule has 8 nitrogen and oxygen atoms in total. The molecular weight excluding hydrogens is 560 g/mol. The van der Waals surface area contributed by atoms with E-state index in [1.807, 2.05) is 0 Å². The summed E-state index contributed by atoms with van der Waals surface area (Å²) in [4.78, 5) is 23.9. The van der Waals surface area contributed by atoms with Crippen LogP contribution >= 0.6 is 11.6 Å². The maximum atomic E-state index is 13.9. The van der Waals surface area contributed by atoms with Crippen molar-refractivity contribution in [3.63, 3.8) is 0 Å². The number of benzene rings is 1. The molecule has 2 N–H and O–H groups in total. The average Bonchev–Trinajstić information content (AvgIpc) is 3.24. The van der Waals surface area contributed by atoms with Crippen molar-refractivity contribution in [3.05, 3.63) is 46.1 Å². The monoisotopic (exact) mass is 572 g/mol. The SMILES string of the molecule is Cn1nc(C(F)(F)C(F)(F)F)c(C(F)(F)F)c1-c1cc(-c2ccc(Cl)c(C(=O)NC3(C(=O)O)CC3)c2)on1. The Morgan fingerprint density at radius 1 is 1.11 bits per heavy atom. The van der Waals surface area contributed by atoms with Gasteiger partial charge < -0.3 is 14.9 Å². The molecule has 1 amide bonds. The van der Waals surface area contributed by atoms with Crippen molar-refractivity contribution >= 4 is 23.5 Å². The zero-order chi connectivity index (χ0) is 28.4. The lowest BCUT2D eigenvalue weighted by molar-refractivity contribution is -0.292. The Morgan fingerprint density at radius 2 is 1.74 bits per heavy atom. The van der Waals surface area contributed by atoms with Crippen molar-refractivity contribution < 1.29 is 54.3 Å². The molecule has 204 valence electrons. The number of carboxylic acid groups (broad SMARTS) is 1. The van der Waals surface area contributed by atoms with E-state index < -0.39 is 58.3 Å². The Balaban J connectivity index is 1.76. The van der Waals surface area contributed by atoms with E-state index in [1.54, 1.807) is 0 Å². The first-order chi connectivity index (χ1) is 17.4. The van der Waals surface area contributed by atoms with Gasteiger partial charge in [-0.15, -0.1) is 0 Å². The van der Waals surface area contributed by atoms with Gasteiger partial charge in [0, 0.05) is 18.7 Å². The maximum Gasteiger partial charge on any atom is 0.459 e. The highest BCUT2D eigenvalue weighted by atomic mass is 35.5. The minimum atomic E-state index is -6.37. The van der Waals surface area contributed by atoms with Crippen LogP contribution < -0.4 is 5.32 Å². The molecule has 1 fully saturated rings. The summed E-state index contributed by atoms with van der Waals surface area (Å²) in [7, 11) is 0.718. The van der Waals surface area contributed by atoms with Crippen molar-refractivity contribution in [1.29, 1.82) is 0 Å². The molecule has 1 saturated carbocycles. The fraction of sp³-hybridized carbons (Fsp3) is 0.333. The number of aryl methyl sites for hydroxylation is 1. The molecule has 38 heavy (non-hydrogen) atoms. The number of aromatic nitrogens is 3. The van der Waals surface area contributed by atoms with E-state index in [2.05, 4.69) is 15.6 Å². The van der Waals surface area contributed by atoms with Gasteiger partial charge in [0.2, 0.25) is 0 Å².